The van der Waals surface area contributed by atoms with Gasteiger partial charge in [-0.2, -0.15) is 0 Å². The summed E-state index contributed by atoms with van der Waals surface area (Å²) in [4.78, 5) is 2.61. The van der Waals surface area contributed by atoms with E-state index in [1.54, 1.807) is 0 Å². The lowest BCUT2D eigenvalue weighted by Crippen LogP contribution is -2.28. The molecule has 0 saturated heterocycles. The molecule has 1 N–H and O–H groups in total. The molecule has 2 nitrogen and oxygen atoms in total. The summed E-state index contributed by atoms with van der Waals surface area (Å²) in [5.41, 5.74) is 2.94. The molecule has 2 aliphatic rings. The van der Waals surface area contributed by atoms with Crippen molar-refractivity contribution < 1.29 is 0 Å². The molecule has 1 aromatic carbocycles. The fourth-order valence-corrected chi connectivity index (χ4v) is 2.70. The van der Waals surface area contributed by atoms with Gasteiger partial charge in [0.05, 0.1) is 0 Å². The predicted molar refractivity (Wildman–Crippen MR) is 81.5 cm³/mol. The minimum Gasteiger partial charge on any atom is -0.371 e. The van der Waals surface area contributed by atoms with E-state index in [2.05, 4.69) is 41.4 Å². The maximum absolute atomic E-state index is 3.65. The highest BCUT2D eigenvalue weighted by atomic mass is 15.1. The molecular weight excluding hydrogens is 232 g/mol. The van der Waals surface area contributed by atoms with Gasteiger partial charge in [0.2, 0.25) is 0 Å². The van der Waals surface area contributed by atoms with Crippen LogP contribution in [-0.4, -0.2) is 19.1 Å². The third-order valence-corrected chi connectivity index (χ3v) is 4.16. The van der Waals surface area contributed by atoms with Crippen LogP contribution in [0.15, 0.2) is 24.3 Å². The standard InChI is InChI=1S/C17H26N2/c1-2-11-19(13-14-7-8-14)17-6-4-3-5-15(17)12-18-16-9-10-16/h3-6,14,16,18H,2,7-13H2,1H3. The molecule has 1 aromatic rings. The Kier molecular flexibility index (Phi) is 4.07. The molecule has 0 atom stereocenters. The summed E-state index contributed by atoms with van der Waals surface area (Å²) in [5, 5.41) is 3.65. The van der Waals surface area contributed by atoms with Gasteiger partial charge in [0, 0.05) is 31.4 Å². The largest absolute Gasteiger partial charge is 0.371 e. The molecule has 0 radical (unpaired) electrons. The van der Waals surface area contributed by atoms with E-state index in [9.17, 15) is 0 Å². The van der Waals surface area contributed by atoms with Gasteiger partial charge in [-0.15, -0.1) is 0 Å². The van der Waals surface area contributed by atoms with Crippen LogP contribution in [0.2, 0.25) is 0 Å². The second-order valence-corrected chi connectivity index (χ2v) is 6.17. The first kappa shape index (κ1) is 13.0. The molecule has 0 spiro atoms. The Morgan fingerprint density at radius 3 is 2.63 bits per heavy atom. The highest BCUT2D eigenvalue weighted by Gasteiger charge is 2.25. The zero-order valence-corrected chi connectivity index (χ0v) is 12.1. The summed E-state index contributed by atoms with van der Waals surface area (Å²) < 4.78 is 0. The van der Waals surface area contributed by atoms with E-state index in [-0.39, 0.29) is 0 Å². The monoisotopic (exact) mass is 258 g/mol. The highest BCUT2D eigenvalue weighted by Crippen LogP contribution is 2.32. The second kappa shape index (κ2) is 5.96. The third-order valence-electron chi connectivity index (χ3n) is 4.16. The van der Waals surface area contributed by atoms with Gasteiger partial charge in [0.1, 0.15) is 0 Å². The van der Waals surface area contributed by atoms with Crippen LogP contribution in [0.25, 0.3) is 0 Å². The van der Waals surface area contributed by atoms with E-state index in [0.29, 0.717) is 0 Å². The van der Waals surface area contributed by atoms with Crippen molar-refractivity contribution >= 4 is 5.69 Å². The second-order valence-electron chi connectivity index (χ2n) is 6.17. The lowest BCUT2D eigenvalue weighted by molar-refractivity contribution is 0.671. The van der Waals surface area contributed by atoms with Crippen molar-refractivity contribution in [3.05, 3.63) is 29.8 Å². The summed E-state index contributed by atoms with van der Waals surface area (Å²) >= 11 is 0. The number of hydrogen-bond acceptors (Lipinski definition) is 2. The molecule has 2 saturated carbocycles. The maximum atomic E-state index is 3.65. The van der Waals surface area contributed by atoms with Gasteiger partial charge in [-0.3, -0.25) is 0 Å². The quantitative estimate of drug-likeness (QED) is 0.767. The van der Waals surface area contributed by atoms with Crippen LogP contribution in [0.3, 0.4) is 0 Å². The van der Waals surface area contributed by atoms with Gasteiger partial charge in [-0.25, -0.2) is 0 Å². The minimum absolute atomic E-state index is 0.788. The molecule has 2 aliphatic carbocycles. The number of benzene rings is 1. The molecule has 0 amide bonds. The van der Waals surface area contributed by atoms with Crippen molar-refractivity contribution in [3.8, 4) is 0 Å². The number of para-hydroxylation sites is 1. The predicted octanol–water partition coefficient (Wildman–Crippen LogP) is 3.57. The van der Waals surface area contributed by atoms with Crippen LogP contribution in [0, 0.1) is 5.92 Å². The maximum Gasteiger partial charge on any atom is 0.0411 e. The molecule has 0 bridgehead atoms. The molecule has 0 heterocycles. The summed E-state index contributed by atoms with van der Waals surface area (Å²) in [7, 11) is 0. The molecule has 19 heavy (non-hydrogen) atoms. The van der Waals surface area contributed by atoms with Crippen LogP contribution < -0.4 is 10.2 Å². The van der Waals surface area contributed by atoms with Crippen LogP contribution in [0.5, 0.6) is 0 Å². The molecule has 3 rings (SSSR count). The van der Waals surface area contributed by atoms with Crippen molar-refractivity contribution in [2.45, 2.75) is 51.6 Å². The SMILES string of the molecule is CCCN(CC1CC1)c1ccccc1CNC1CC1. The zero-order valence-electron chi connectivity index (χ0n) is 12.1. The Labute approximate surface area is 117 Å². The van der Waals surface area contributed by atoms with Crippen molar-refractivity contribution in [2.75, 3.05) is 18.0 Å². The fourth-order valence-electron chi connectivity index (χ4n) is 2.70. The Morgan fingerprint density at radius 2 is 1.95 bits per heavy atom. The number of nitrogens with one attached hydrogen (secondary N) is 1. The fraction of sp³-hybridized carbons (Fsp3) is 0.647. The molecule has 0 aromatic heterocycles. The van der Waals surface area contributed by atoms with Gasteiger partial charge in [-0.1, -0.05) is 25.1 Å². The molecule has 2 fully saturated rings. The minimum atomic E-state index is 0.788. The van der Waals surface area contributed by atoms with Crippen molar-refractivity contribution in [3.63, 3.8) is 0 Å². The molecule has 0 unspecified atom stereocenters. The normalized spacial score (nSPS) is 18.6. The van der Waals surface area contributed by atoms with Gasteiger partial charge in [-0.05, 0) is 49.7 Å². The Balaban J connectivity index is 1.70. The topological polar surface area (TPSA) is 15.3 Å². The lowest BCUT2D eigenvalue weighted by atomic mass is 10.1. The van der Waals surface area contributed by atoms with E-state index >= 15 is 0 Å². The van der Waals surface area contributed by atoms with Crippen LogP contribution in [-0.2, 0) is 6.54 Å². The Hall–Kier alpha value is -1.02. The number of hydrogen-bond donors (Lipinski definition) is 1. The van der Waals surface area contributed by atoms with E-state index in [0.717, 1.165) is 18.5 Å². The van der Waals surface area contributed by atoms with Crippen molar-refractivity contribution in [1.82, 2.24) is 5.32 Å². The average Bonchev–Trinajstić information content (AvgIpc) is 3.31. The average molecular weight is 258 g/mol. The van der Waals surface area contributed by atoms with Gasteiger partial charge >= 0.3 is 0 Å². The molecule has 104 valence electrons. The lowest BCUT2D eigenvalue weighted by Gasteiger charge is -2.27. The molecule has 2 heteroatoms. The van der Waals surface area contributed by atoms with Gasteiger partial charge in [0.25, 0.3) is 0 Å². The number of nitrogens with zero attached hydrogens (tertiary/aromatic N) is 1. The number of anilines is 1. The van der Waals surface area contributed by atoms with Crippen molar-refractivity contribution in [1.29, 1.82) is 0 Å². The van der Waals surface area contributed by atoms with Gasteiger partial charge in [0.15, 0.2) is 0 Å². The van der Waals surface area contributed by atoms with E-state index in [1.165, 1.54) is 56.4 Å². The summed E-state index contributed by atoms with van der Waals surface area (Å²) in [5.74, 6) is 0.955. The van der Waals surface area contributed by atoms with Crippen LogP contribution in [0.1, 0.15) is 44.6 Å². The summed E-state index contributed by atoms with van der Waals surface area (Å²) in [6.07, 6.45) is 6.83. The summed E-state index contributed by atoms with van der Waals surface area (Å²) in [6.45, 7) is 5.77. The van der Waals surface area contributed by atoms with E-state index in [1.807, 2.05) is 0 Å². The third kappa shape index (κ3) is 3.73. The van der Waals surface area contributed by atoms with Crippen molar-refractivity contribution in [2.24, 2.45) is 5.92 Å². The first-order chi connectivity index (χ1) is 9.36. The summed E-state index contributed by atoms with van der Waals surface area (Å²) in [6, 6.07) is 9.75. The Morgan fingerprint density at radius 1 is 1.16 bits per heavy atom. The molecular formula is C17H26N2. The molecule has 0 aliphatic heterocycles. The Bertz CT molecular complexity index is 407. The first-order valence-electron chi connectivity index (χ1n) is 7.93. The van der Waals surface area contributed by atoms with E-state index < -0.39 is 0 Å². The zero-order chi connectivity index (χ0) is 13.1. The van der Waals surface area contributed by atoms with Gasteiger partial charge < -0.3 is 10.2 Å². The smallest absolute Gasteiger partial charge is 0.0411 e. The first-order valence-corrected chi connectivity index (χ1v) is 7.93. The van der Waals surface area contributed by atoms with E-state index in [4.69, 9.17) is 0 Å². The van der Waals surface area contributed by atoms with Crippen LogP contribution in [0.4, 0.5) is 5.69 Å². The highest BCUT2D eigenvalue weighted by molar-refractivity contribution is 5.53. The number of rotatable bonds is 8. The van der Waals surface area contributed by atoms with Crippen LogP contribution >= 0.6 is 0 Å².